The quantitative estimate of drug-likeness (QED) is 0.739. The molecular formula is C10H5Br2ClN2O. The molecule has 3 nitrogen and oxygen atoms in total. The number of ether oxygens (including phenoxy) is 1. The Morgan fingerprint density at radius 2 is 1.94 bits per heavy atom. The molecule has 0 saturated carbocycles. The molecule has 6 heteroatoms. The van der Waals surface area contributed by atoms with Crippen molar-refractivity contribution in [3.05, 3.63) is 44.7 Å². The molecule has 0 aliphatic rings. The summed E-state index contributed by atoms with van der Waals surface area (Å²) in [6.07, 6.45) is 1.41. The minimum absolute atomic E-state index is 0.432. The molecule has 0 saturated heterocycles. The van der Waals surface area contributed by atoms with Crippen LogP contribution in [0.4, 0.5) is 0 Å². The van der Waals surface area contributed by atoms with Crippen LogP contribution in [0, 0.1) is 0 Å². The van der Waals surface area contributed by atoms with Crippen molar-refractivity contribution in [1.82, 2.24) is 9.97 Å². The number of aromatic nitrogens is 2. The number of rotatable bonds is 2. The molecule has 0 N–H and O–H groups in total. The van der Waals surface area contributed by atoms with E-state index >= 15 is 0 Å². The smallest absolute Gasteiger partial charge is 0.223 e. The van der Waals surface area contributed by atoms with Crippen LogP contribution < -0.4 is 4.74 Å². The molecule has 0 atom stereocenters. The Balaban J connectivity index is 2.30. The van der Waals surface area contributed by atoms with E-state index < -0.39 is 0 Å². The second-order valence-corrected chi connectivity index (χ2v) is 4.99. The first-order chi connectivity index (χ1) is 7.65. The van der Waals surface area contributed by atoms with Gasteiger partial charge in [-0.25, -0.2) is 9.97 Å². The van der Waals surface area contributed by atoms with E-state index in [2.05, 4.69) is 41.8 Å². The molecule has 1 aromatic heterocycles. The molecule has 0 amide bonds. The van der Waals surface area contributed by atoms with E-state index in [-0.39, 0.29) is 0 Å². The number of hydrogen-bond donors (Lipinski definition) is 0. The minimum atomic E-state index is 0.432. The third-order valence-corrected chi connectivity index (χ3v) is 2.96. The van der Waals surface area contributed by atoms with E-state index in [1.165, 1.54) is 6.33 Å². The van der Waals surface area contributed by atoms with Gasteiger partial charge >= 0.3 is 0 Å². The second kappa shape index (κ2) is 5.12. The van der Waals surface area contributed by atoms with Gasteiger partial charge in [0.05, 0.1) is 5.02 Å². The Kier molecular flexibility index (Phi) is 3.78. The fourth-order valence-corrected chi connectivity index (χ4v) is 1.82. The fourth-order valence-electron chi connectivity index (χ4n) is 1.04. The minimum Gasteiger partial charge on any atom is -0.437 e. The van der Waals surface area contributed by atoms with Crippen LogP contribution in [-0.4, -0.2) is 9.97 Å². The highest BCUT2D eigenvalue weighted by Crippen LogP contribution is 2.31. The van der Waals surface area contributed by atoms with Gasteiger partial charge in [0.1, 0.15) is 16.7 Å². The number of nitrogens with zero attached hydrogens (tertiary/aromatic N) is 2. The van der Waals surface area contributed by atoms with Crippen LogP contribution in [-0.2, 0) is 0 Å². The Morgan fingerprint density at radius 1 is 1.12 bits per heavy atom. The van der Waals surface area contributed by atoms with Crippen LogP contribution in [0.5, 0.6) is 11.6 Å². The van der Waals surface area contributed by atoms with E-state index in [0.29, 0.717) is 21.3 Å². The molecule has 0 spiro atoms. The molecule has 16 heavy (non-hydrogen) atoms. The molecule has 0 bridgehead atoms. The van der Waals surface area contributed by atoms with Crippen LogP contribution in [0.1, 0.15) is 0 Å². The van der Waals surface area contributed by atoms with Crippen molar-refractivity contribution in [2.75, 3.05) is 0 Å². The van der Waals surface area contributed by atoms with Crippen LogP contribution >= 0.6 is 43.5 Å². The van der Waals surface area contributed by atoms with Crippen molar-refractivity contribution in [2.45, 2.75) is 0 Å². The summed E-state index contributed by atoms with van der Waals surface area (Å²) in [4.78, 5) is 7.87. The van der Waals surface area contributed by atoms with E-state index in [1.54, 1.807) is 18.2 Å². The highest BCUT2D eigenvalue weighted by molar-refractivity contribution is 9.10. The van der Waals surface area contributed by atoms with Crippen molar-refractivity contribution in [3.8, 4) is 11.6 Å². The predicted octanol–water partition coefficient (Wildman–Crippen LogP) is 4.45. The first-order valence-electron chi connectivity index (χ1n) is 4.25. The van der Waals surface area contributed by atoms with E-state index in [0.717, 1.165) is 4.47 Å². The third-order valence-electron chi connectivity index (χ3n) is 1.72. The van der Waals surface area contributed by atoms with Crippen molar-refractivity contribution < 1.29 is 4.74 Å². The van der Waals surface area contributed by atoms with E-state index in [1.807, 2.05) is 6.07 Å². The van der Waals surface area contributed by atoms with Crippen LogP contribution in [0.3, 0.4) is 0 Å². The maximum absolute atomic E-state index is 5.98. The average molecular weight is 364 g/mol. The zero-order valence-corrected chi connectivity index (χ0v) is 11.8. The van der Waals surface area contributed by atoms with Gasteiger partial charge in [-0.05, 0) is 34.1 Å². The van der Waals surface area contributed by atoms with E-state index in [4.69, 9.17) is 16.3 Å². The molecule has 0 aliphatic carbocycles. The zero-order valence-electron chi connectivity index (χ0n) is 7.82. The maximum atomic E-state index is 5.98. The van der Waals surface area contributed by atoms with Gasteiger partial charge in [0.2, 0.25) is 5.88 Å². The number of hydrogen-bond acceptors (Lipinski definition) is 3. The van der Waals surface area contributed by atoms with Gasteiger partial charge in [0, 0.05) is 10.5 Å². The number of benzene rings is 1. The van der Waals surface area contributed by atoms with Crippen molar-refractivity contribution in [2.24, 2.45) is 0 Å². The SMILES string of the molecule is Clc1ccc(Br)cc1Oc1cc(Br)ncn1. The maximum Gasteiger partial charge on any atom is 0.223 e. The predicted molar refractivity (Wildman–Crippen MR) is 69.0 cm³/mol. The summed E-state index contributed by atoms with van der Waals surface area (Å²) in [6, 6.07) is 7.03. The Morgan fingerprint density at radius 3 is 2.69 bits per heavy atom. The molecule has 82 valence electrons. The van der Waals surface area contributed by atoms with Crippen LogP contribution in [0.25, 0.3) is 0 Å². The standard InChI is InChI=1S/C10H5Br2ClN2O/c11-6-1-2-7(13)8(3-6)16-10-4-9(12)14-5-15-10/h1-5H. The number of halogens is 3. The Bertz CT molecular complexity index is 522. The largest absolute Gasteiger partial charge is 0.437 e. The summed E-state index contributed by atoms with van der Waals surface area (Å²) >= 11 is 12.6. The molecule has 0 radical (unpaired) electrons. The summed E-state index contributed by atoms with van der Waals surface area (Å²) in [7, 11) is 0. The zero-order chi connectivity index (χ0) is 11.5. The first kappa shape index (κ1) is 11.8. The van der Waals surface area contributed by atoms with Gasteiger partial charge in [-0.15, -0.1) is 0 Å². The summed E-state index contributed by atoms with van der Waals surface area (Å²) in [5, 5.41) is 0.526. The molecule has 2 rings (SSSR count). The van der Waals surface area contributed by atoms with Crippen LogP contribution in [0.15, 0.2) is 39.7 Å². The molecule has 0 unspecified atom stereocenters. The lowest BCUT2D eigenvalue weighted by atomic mass is 10.3. The topological polar surface area (TPSA) is 35.0 Å². The lowest BCUT2D eigenvalue weighted by molar-refractivity contribution is 0.461. The molecule has 2 aromatic rings. The fraction of sp³-hybridized carbons (Fsp3) is 0. The third kappa shape index (κ3) is 2.93. The lowest BCUT2D eigenvalue weighted by Crippen LogP contribution is -1.89. The summed E-state index contributed by atoms with van der Waals surface area (Å²) < 4.78 is 7.07. The lowest BCUT2D eigenvalue weighted by Gasteiger charge is -2.06. The molecule has 1 aromatic carbocycles. The average Bonchev–Trinajstić information content (AvgIpc) is 2.24. The monoisotopic (exact) mass is 362 g/mol. The molecule has 1 heterocycles. The summed E-state index contributed by atoms with van der Waals surface area (Å²) in [5.41, 5.74) is 0. The summed E-state index contributed by atoms with van der Waals surface area (Å²) in [5.74, 6) is 0.975. The van der Waals surface area contributed by atoms with Gasteiger partial charge in [-0.2, -0.15) is 0 Å². The molecular weight excluding hydrogens is 359 g/mol. The normalized spacial score (nSPS) is 10.2. The Labute approximate surface area is 114 Å². The molecule has 0 aliphatic heterocycles. The van der Waals surface area contributed by atoms with Crippen molar-refractivity contribution in [1.29, 1.82) is 0 Å². The van der Waals surface area contributed by atoms with Crippen molar-refractivity contribution >= 4 is 43.5 Å². The van der Waals surface area contributed by atoms with Crippen LogP contribution in [0.2, 0.25) is 5.02 Å². The van der Waals surface area contributed by atoms with Gasteiger partial charge < -0.3 is 4.74 Å². The highest BCUT2D eigenvalue weighted by Gasteiger charge is 2.05. The van der Waals surface area contributed by atoms with Gasteiger partial charge in [-0.1, -0.05) is 27.5 Å². The Hall–Kier alpha value is -0.650. The second-order valence-electron chi connectivity index (χ2n) is 2.86. The highest BCUT2D eigenvalue weighted by atomic mass is 79.9. The first-order valence-corrected chi connectivity index (χ1v) is 6.22. The van der Waals surface area contributed by atoms with Gasteiger partial charge in [0.15, 0.2) is 0 Å². The molecule has 0 fully saturated rings. The van der Waals surface area contributed by atoms with Gasteiger partial charge in [0.25, 0.3) is 0 Å². The van der Waals surface area contributed by atoms with Gasteiger partial charge in [-0.3, -0.25) is 0 Å². The van der Waals surface area contributed by atoms with E-state index in [9.17, 15) is 0 Å². The summed E-state index contributed by atoms with van der Waals surface area (Å²) in [6.45, 7) is 0. The van der Waals surface area contributed by atoms with Crippen molar-refractivity contribution in [3.63, 3.8) is 0 Å².